The molecule has 2 aromatic rings. The number of aromatic nitrogens is 1. The third-order valence-electron chi connectivity index (χ3n) is 4.84. The number of aliphatic hydroxyl groups is 1. The molecule has 0 radical (unpaired) electrons. The van der Waals surface area contributed by atoms with Crippen LogP contribution in [0.4, 0.5) is 0 Å². The quantitative estimate of drug-likeness (QED) is 0.864. The number of hydrogen-bond acceptors (Lipinski definition) is 3. The van der Waals surface area contributed by atoms with Crippen LogP contribution < -0.4 is 0 Å². The molecule has 0 aliphatic heterocycles. The molecule has 0 bridgehead atoms. The van der Waals surface area contributed by atoms with Crippen LogP contribution in [0.5, 0.6) is 0 Å². The van der Waals surface area contributed by atoms with E-state index in [9.17, 15) is 5.11 Å². The van der Waals surface area contributed by atoms with Gasteiger partial charge in [-0.25, -0.2) is 4.98 Å². The van der Waals surface area contributed by atoms with E-state index in [2.05, 4.69) is 39.0 Å². The first-order chi connectivity index (χ1) is 9.88. The van der Waals surface area contributed by atoms with Gasteiger partial charge in [-0.05, 0) is 36.3 Å². The van der Waals surface area contributed by atoms with Gasteiger partial charge in [0.1, 0.15) is 0 Å². The highest BCUT2D eigenvalue weighted by Crippen LogP contribution is 2.46. The number of benzene rings is 1. The Bertz CT molecular complexity index is 594. The number of para-hydroxylation sites is 1. The molecule has 2 atom stereocenters. The van der Waals surface area contributed by atoms with Crippen molar-refractivity contribution in [1.82, 2.24) is 4.98 Å². The van der Waals surface area contributed by atoms with Gasteiger partial charge in [-0.2, -0.15) is 0 Å². The Kier molecular flexibility index (Phi) is 3.83. The molecule has 114 valence electrons. The molecule has 21 heavy (non-hydrogen) atoms. The topological polar surface area (TPSA) is 33.1 Å². The molecular formula is C18H25NOS. The smallest absolute Gasteiger partial charge is 0.0967 e. The molecule has 0 saturated heterocycles. The summed E-state index contributed by atoms with van der Waals surface area (Å²) >= 11 is 1.73. The second-order valence-corrected chi connectivity index (χ2v) is 8.64. The van der Waals surface area contributed by atoms with E-state index >= 15 is 0 Å². The summed E-state index contributed by atoms with van der Waals surface area (Å²) in [5.41, 5.74) is 0.611. The van der Waals surface area contributed by atoms with Gasteiger partial charge in [0.2, 0.25) is 0 Å². The molecule has 1 aromatic carbocycles. The molecule has 1 aliphatic rings. The molecular weight excluding hydrogens is 278 g/mol. The Morgan fingerprint density at radius 3 is 2.76 bits per heavy atom. The number of thiazole rings is 1. The van der Waals surface area contributed by atoms with Crippen molar-refractivity contribution >= 4 is 21.6 Å². The highest BCUT2D eigenvalue weighted by molar-refractivity contribution is 7.18. The summed E-state index contributed by atoms with van der Waals surface area (Å²) in [6.07, 6.45) is 5.11. The molecule has 1 N–H and O–H groups in total. The number of nitrogens with zero attached hydrogens (tertiary/aromatic N) is 1. The molecule has 1 aromatic heterocycles. The molecule has 1 fully saturated rings. The minimum atomic E-state index is -0.593. The van der Waals surface area contributed by atoms with E-state index in [-0.39, 0.29) is 5.41 Å². The van der Waals surface area contributed by atoms with Crippen molar-refractivity contribution in [3.05, 3.63) is 29.3 Å². The first-order valence-corrected chi connectivity index (χ1v) is 8.77. The van der Waals surface area contributed by atoms with Crippen LogP contribution in [0, 0.1) is 11.3 Å². The summed E-state index contributed by atoms with van der Waals surface area (Å²) in [7, 11) is 0. The predicted octanol–water partition coefficient (Wildman–Crippen LogP) is 4.81. The Morgan fingerprint density at radius 2 is 2.05 bits per heavy atom. The van der Waals surface area contributed by atoms with Crippen LogP contribution in [0.2, 0.25) is 0 Å². The fourth-order valence-corrected chi connectivity index (χ4v) is 5.02. The van der Waals surface area contributed by atoms with Crippen molar-refractivity contribution < 1.29 is 5.11 Å². The van der Waals surface area contributed by atoms with Crippen molar-refractivity contribution in [2.45, 2.75) is 58.5 Å². The second kappa shape index (κ2) is 5.36. The minimum absolute atomic E-state index is 0.145. The van der Waals surface area contributed by atoms with E-state index in [1.807, 2.05) is 6.07 Å². The van der Waals surface area contributed by atoms with Crippen molar-refractivity contribution in [3.8, 4) is 0 Å². The lowest BCUT2D eigenvalue weighted by Crippen LogP contribution is -2.48. The van der Waals surface area contributed by atoms with E-state index in [0.29, 0.717) is 12.3 Å². The Labute approximate surface area is 131 Å². The zero-order valence-corrected chi connectivity index (χ0v) is 14.0. The predicted molar refractivity (Wildman–Crippen MR) is 89.7 cm³/mol. The van der Waals surface area contributed by atoms with Crippen LogP contribution in [0.25, 0.3) is 10.2 Å². The van der Waals surface area contributed by atoms with E-state index < -0.39 is 5.60 Å². The number of fused-ring (bicyclic) bond motifs is 1. The lowest BCUT2D eigenvalue weighted by atomic mass is 9.63. The van der Waals surface area contributed by atoms with Crippen LogP contribution >= 0.6 is 11.3 Å². The maximum Gasteiger partial charge on any atom is 0.0967 e. The fraction of sp³-hybridized carbons (Fsp3) is 0.611. The molecule has 3 rings (SSSR count). The first kappa shape index (κ1) is 15.0. The zero-order valence-electron chi connectivity index (χ0n) is 13.2. The maximum absolute atomic E-state index is 11.3. The molecule has 1 aliphatic carbocycles. The van der Waals surface area contributed by atoms with Crippen LogP contribution in [-0.4, -0.2) is 15.7 Å². The average molecular weight is 303 g/mol. The van der Waals surface area contributed by atoms with Crippen LogP contribution in [-0.2, 0) is 6.42 Å². The van der Waals surface area contributed by atoms with Crippen LogP contribution in [0.3, 0.4) is 0 Å². The molecule has 2 nitrogen and oxygen atoms in total. The average Bonchev–Trinajstić information content (AvgIpc) is 2.78. The monoisotopic (exact) mass is 303 g/mol. The van der Waals surface area contributed by atoms with E-state index in [1.54, 1.807) is 11.3 Å². The van der Waals surface area contributed by atoms with Gasteiger partial charge in [0, 0.05) is 6.42 Å². The number of rotatable bonds is 2. The van der Waals surface area contributed by atoms with Crippen molar-refractivity contribution in [1.29, 1.82) is 0 Å². The molecule has 1 saturated carbocycles. The van der Waals surface area contributed by atoms with Gasteiger partial charge in [0.05, 0.1) is 20.8 Å². The third kappa shape index (κ3) is 3.00. The zero-order chi connectivity index (χ0) is 15.1. The van der Waals surface area contributed by atoms with Gasteiger partial charge in [0.15, 0.2) is 0 Å². The number of hydrogen-bond donors (Lipinski definition) is 1. The SMILES string of the molecule is CC(C)(C)C1CCCCC1(O)Cc1nc2ccccc2s1. The molecule has 1 heterocycles. The van der Waals surface area contributed by atoms with Crippen molar-refractivity contribution in [2.24, 2.45) is 11.3 Å². The Balaban J connectivity index is 1.89. The van der Waals surface area contributed by atoms with Gasteiger partial charge in [-0.1, -0.05) is 45.7 Å². The lowest BCUT2D eigenvalue weighted by molar-refractivity contribution is -0.0889. The van der Waals surface area contributed by atoms with Gasteiger partial charge in [-0.3, -0.25) is 0 Å². The van der Waals surface area contributed by atoms with Crippen molar-refractivity contribution in [3.63, 3.8) is 0 Å². The summed E-state index contributed by atoms with van der Waals surface area (Å²) in [5, 5.41) is 12.4. The van der Waals surface area contributed by atoms with Gasteiger partial charge < -0.3 is 5.11 Å². The summed E-state index contributed by atoms with van der Waals surface area (Å²) in [6.45, 7) is 6.77. The normalized spacial score (nSPS) is 27.1. The van der Waals surface area contributed by atoms with Crippen LogP contribution in [0.15, 0.2) is 24.3 Å². The maximum atomic E-state index is 11.3. The Hall–Kier alpha value is -0.930. The molecule has 2 unspecified atom stereocenters. The molecule has 0 spiro atoms. The van der Waals surface area contributed by atoms with Gasteiger partial charge in [-0.15, -0.1) is 11.3 Å². The lowest BCUT2D eigenvalue weighted by Gasteiger charge is -2.46. The first-order valence-electron chi connectivity index (χ1n) is 7.95. The third-order valence-corrected chi connectivity index (χ3v) is 5.88. The van der Waals surface area contributed by atoms with Crippen molar-refractivity contribution in [2.75, 3.05) is 0 Å². The minimum Gasteiger partial charge on any atom is -0.389 e. The molecule has 3 heteroatoms. The summed E-state index contributed by atoms with van der Waals surface area (Å²) in [6, 6.07) is 8.25. The standard InChI is InChI=1S/C18H25NOS/c1-17(2,3)15-10-6-7-11-18(15,20)12-16-19-13-8-4-5-9-14(13)21-16/h4-5,8-9,15,20H,6-7,10-12H2,1-3H3. The van der Waals surface area contributed by atoms with E-state index in [1.165, 1.54) is 11.1 Å². The van der Waals surface area contributed by atoms with E-state index in [0.717, 1.165) is 29.8 Å². The second-order valence-electron chi connectivity index (χ2n) is 7.52. The largest absolute Gasteiger partial charge is 0.389 e. The van der Waals surface area contributed by atoms with E-state index in [4.69, 9.17) is 4.98 Å². The summed E-state index contributed by atoms with van der Waals surface area (Å²) in [4.78, 5) is 4.73. The highest BCUT2D eigenvalue weighted by Gasteiger charge is 2.45. The fourth-order valence-electron chi connectivity index (χ4n) is 3.93. The van der Waals surface area contributed by atoms with Gasteiger partial charge >= 0.3 is 0 Å². The Morgan fingerprint density at radius 1 is 1.29 bits per heavy atom. The summed E-state index contributed by atoms with van der Waals surface area (Å²) < 4.78 is 1.22. The van der Waals surface area contributed by atoms with Crippen LogP contribution in [0.1, 0.15) is 51.5 Å². The molecule has 0 amide bonds. The summed E-state index contributed by atoms with van der Waals surface area (Å²) in [5.74, 6) is 0.353. The van der Waals surface area contributed by atoms with Gasteiger partial charge in [0.25, 0.3) is 0 Å². The highest BCUT2D eigenvalue weighted by atomic mass is 32.1.